The van der Waals surface area contributed by atoms with Crippen LogP contribution in [-0.4, -0.2) is 24.2 Å². The molecule has 2 heterocycles. The predicted octanol–water partition coefficient (Wildman–Crippen LogP) is 3.46. The van der Waals surface area contributed by atoms with Crippen molar-refractivity contribution in [2.24, 2.45) is 0 Å². The van der Waals surface area contributed by atoms with Crippen LogP contribution in [0.2, 0.25) is 0 Å². The Kier molecular flexibility index (Phi) is 4.80. The van der Waals surface area contributed by atoms with Gasteiger partial charge in [-0.25, -0.2) is 4.39 Å². The van der Waals surface area contributed by atoms with Crippen LogP contribution in [0.1, 0.15) is 24.1 Å². The van der Waals surface area contributed by atoms with Crippen molar-refractivity contribution in [1.29, 1.82) is 0 Å². The number of benzene rings is 1. The molecule has 1 fully saturated rings. The summed E-state index contributed by atoms with van der Waals surface area (Å²) in [4.78, 5) is 4.47. The molecular weight excluding hydrogens is 279 g/mol. The van der Waals surface area contributed by atoms with Gasteiger partial charge in [0.25, 0.3) is 0 Å². The van der Waals surface area contributed by atoms with Gasteiger partial charge in [0.2, 0.25) is 0 Å². The second-order valence-electron chi connectivity index (χ2n) is 5.72. The lowest BCUT2D eigenvalue weighted by Gasteiger charge is -2.23. The molecule has 0 spiro atoms. The molecule has 2 aromatic rings. The first-order valence-corrected chi connectivity index (χ1v) is 7.77. The van der Waals surface area contributed by atoms with Gasteiger partial charge in [-0.1, -0.05) is 12.1 Å². The number of rotatable bonds is 4. The van der Waals surface area contributed by atoms with Crippen LogP contribution in [0.15, 0.2) is 36.5 Å². The first-order chi connectivity index (χ1) is 10.7. The molecule has 1 aromatic heterocycles. The van der Waals surface area contributed by atoms with Gasteiger partial charge < -0.3 is 10.1 Å². The zero-order valence-electron chi connectivity index (χ0n) is 12.8. The lowest BCUT2D eigenvalue weighted by Crippen LogP contribution is -2.32. The van der Waals surface area contributed by atoms with Crippen LogP contribution in [0.3, 0.4) is 0 Å². The summed E-state index contributed by atoms with van der Waals surface area (Å²) in [6.07, 6.45) is 4.16. The van der Waals surface area contributed by atoms with Gasteiger partial charge in [-0.05, 0) is 62.2 Å². The molecule has 0 unspecified atom stereocenters. The van der Waals surface area contributed by atoms with Crippen molar-refractivity contribution in [2.45, 2.75) is 32.5 Å². The van der Waals surface area contributed by atoms with E-state index in [4.69, 9.17) is 4.74 Å². The van der Waals surface area contributed by atoms with Crippen LogP contribution < -0.4 is 5.32 Å². The van der Waals surface area contributed by atoms with Gasteiger partial charge in [-0.3, -0.25) is 4.98 Å². The standard InChI is InChI=1S/C18H21FN2O/c1-13-11-14(19)4-5-16(13)17-3-2-8-21-18(17)12-22-15-6-9-20-10-7-15/h2-5,8,11,15,20H,6-7,9-10,12H2,1H3. The summed E-state index contributed by atoms with van der Waals surface area (Å²) < 4.78 is 19.3. The SMILES string of the molecule is Cc1cc(F)ccc1-c1cccnc1COC1CCNCC1. The lowest BCUT2D eigenvalue weighted by molar-refractivity contribution is 0.0198. The maximum absolute atomic E-state index is 13.3. The molecule has 0 aliphatic carbocycles. The molecule has 1 N–H and O–H groups in total. The predicted molar refractivity (Wildman–Crippen MR) is 85.0 cm³/mol. The molecule has 1 saturated heterocycles. The van der Waals surface area contributed by atoms with E-state index in [0.717, 1.165) is 48.3 Å². The highest BCUT2D eigenvalue weighted by molar-refractivity contribution is 5.69. The molecule has 1 aliphatic rings. The first-order valence-electron chi connectivity index (χ1n) is 7.77. The summed E-state index contributed by atoms with van der Waals surface area (Å²) in [6, 6.07) is 8.79. The van der Waals surface area contributed by atoms with Gasteiger partial charge in [0.05, 0.1) is 18.4 Å². The van der Waals surface area contributed by atoms with Crippen LogP contribution in [0.5, 0.6) is 0 Å². The van der Waals surface area contributed by atoms with E-state index in [1.54, 1.807) is 12.3 Å². The van der Waals surface area contributed by atoms with E-state index in [9.17, 15) is 4.39 Å². The van der Waals surface area contributed by atoms with Crippen molar-refractivity contribution in [3.63, 3.8) is 0 Å². The van der Waals surface area contributed by atoms with Gasteiger partial charge in [0.1, 0.15) is 5.82 Å². The summed E-state index contributed by atoms with van der Waals surface area (Å²) in [5, 5.41) is 3.33. The maximum Gasteiger partial charge on any atom is 0.123 e. The Balaban J connectivity index is 1.80. The number of nitrogens with one attached hydrogen (secondary N) is 1. The highest BCUT2D eigenvalue weighted by atomic mass is 19.1. The van der Waals surface area contributed by atoms with E-state index in [1.807, 2.05) is 25.1 Å². The Bertz CT molecular complexity index is 639. The minimum Gasteiger partial charge on any atom is -0.372 e. The summed E-state index contributed by atoms with van der Waals surface area (Å²) >= 11 is 0. The highest BCUT2D eigenvalue weighted by Gasteiger charge is 2.15. The summed E-state index contributed by atoms with van der Waals surface area (Å²) in [7, 11) is 0. The fourth-order valence-electron chi connectivity index (χ4n) is 2.89. The molecule has 3 nitrogen and oxygen atoms in total. The lowest BCUT2D eigenvalue weighted by atomic mass is 9.99. The van der Waals surface area contributed by atoms with Crippen molar-refractivity contribution < 1.29 is 9.13 Å². The van der Waals surface area contributed by atoms with E-state index < -0.39 is 0 Å². The number of aromatic nitrogens is 1. The number of nitrogens with zero attached hydrogens (tertiary/aromatic N) is 1. The van der Waals surface area contributed by atoms with Crippen LogP contribution >= 0.6 is 0 Å². The smallest absolute Gasteiger partial charge is 0.123 e. The third kappa shape index (κ3) is 3.51. The summed E-state index contributed by atoms with van der Waals surface area (Å²) in [5.74, 6) is -0.211. The minimum absolute atomic E-state index is 0.211. The molecule has 3 rings (SSSR count). The van der Waals surface area contributed by atoms with Crippen LogP contribution in [0.25, 0.3) is 11.1 Å². The van der Waals surface area contributed by atoms with Gasteiger partial charge in [0, 0.05) is 11.8 Å². The third-order valence-corrected chi connectivity index (χ3v) is 4.11. The molecule has 0 atom stereocenters. The van der Waals surface area contributed by atoms with Crippen molar-refractivity contribution in [3.05, 3.63) is 53.6 Å². The number of hydrogen-bond donors (Lipinski definition) is 1. The quantitative estimate of drug-likeness (QED) is 0.939. The Morgan fingerprint density at radius 1 is 1.23 bits per heavy atom. The molecule has 4 heteroatoms. The van der Waals surface area contributed by atoms with E-state index in [-0.39, 0.29) is 5.82 Å². The molecule has 1 aromatic carbocycles. The Morgan fingerprint density at radius 3 is 2.82 bits per heavy atom. The number of aryl methyl sites for hydroxylation is 1. The van der Waals surface area contributed by atoms with Crippen molar-refractivity contribution in [3.8, 4) is 11.1 Å². The van der Waals surface area contributed by atoms with Gasteiger partial charge in [-0.15, -0.1) is 0 Å². The molecule has 0 saturated carbocycles. The molecular formula is C18H21FN2O. The Hall–Kier alpha value is -1.78. The average Bonchev–Trinajstić information content (AvgIpc) is 2.54. The largest absolute Gasteiger partial charge is 0.372 e. The van der Waals surface area contributed by atoms with Crippen molar-refractivity contribution in [2.75, 3.05) is 13.1 Å². The highest BCUT2D eigenvalue weighted by Crippen LogP contribution is 2.27. The second kappa shape index (κ2) is 6.99. The Labute approximate surface area is 130 Å². The number of ether oxygens (including phenoxy) is 1. The van der Waals surface area contributed by atoms with Gasteiger partial charge in [0.15, 0.2) is 0 Å². The van der Waals surface area contributed by atoms with Crippen molar-refractivity contribution in [1.82, 2.24) is 10.3 Å². The Morgan fingerprint density at radius 2 is 2.05 bits per heavy atom. The summed E-state index contributed by atoms with van der Waals surface area (Å²) in [6.45, 7) is 4.44. The number of pyridine rings is 1. The number of piperidine rings is 1. The minimum atomic E-state index is -0.211. The van der Waals surface area contributed by atoms with Gasteiger partial charge in [-0.2, -0.15) is 0 Å². The van der Waals surface area contributed by atoms with Crippen molar-refractivity contribution >= 4 is 0 Å². The third-order valence-electron chi connectivity index (χ3n) is 4.11. The molecule has 22 heavy (non-hydrogen) atoms. The van der Waals surface area contributed by atoms with E-state index in [1.165, 1.54) is 6.07 Å². The monoisotopic (exact) mass is 300 g/mol. The fourth-order valence-corrected chi connectivity index (χ4v) is 2.89. The van der Waals surface area contributed by atoms with Crippen LogP contribution in [-0.2, 0) is 11.3 Å². The zero-order chi connectivity index (χ0) is 15.4. The van der Waals surface area contributed by atoms with Gasteiger partial charge >= 0.3 is 0 Å². The van der Waals surface area contributed by atoms with E-state index >= 15 is 0 Å². The number of halogens is 1. The number of hydrogen-bond acceptors (Lipinski definition) is 3. The molecule has 1 aliphatic heterocycles. The molecule has 0 bridgehead atoms. The van der Waals surface area contributed by atoms with E-state index in [2.05, 4.69) is 10.3 Å². The zero-order valence-corrected chi connectivity index (χ0v) is 12.8. The van der Waals surface area contributed by atoms with Crippen LogP contribution in [0.4, 0.5) is 4.39 Å². The maximum atomic E-state index is 13.3. The first kappa shape index (κ1) is 15.1. The average molecular weight is 300 g/mol. The normalized spacial score (nSPS) is 15.9. The topological polar surface area (TPSA) is 34.1 Å². The van der Waals surface area contributed by atoms with Crippen LogP contribution in [0, 0.1) is 12.7 Å². The summed E-state index contributed by atoms with van der Waals surface area (Å²) in [5.41, 5.74) is 3.86. The van der Waals surface area contributed by atoms with E-state index in [0.29, 0.717) is 12.7 Å². The fraction of sp³-hybridized carbons (Fsp3) is 0.389. The second-order valence-corrected chi connectivity index (χ2v) is 5.72. The molecule has 0 amide bonds. The molecule has 0 radical (unpaired) electrons. The molecule has 116 valence electrons.